The van der Waals surface area contributed by atoms with Gasteiger partial charge in [-0.15, -0.1) is 11.3 Å². The molecule has 1 N–H and O–H groups in total. The number of thiazole rings is 1. The van der Waals surface area contributed by atoms with Gasteiger partial charge in [-0.3, -0.25) is 0 Å². The lowest BCUT2D eigenvalue weighted by molar-refractivity contribution is 0.388. The summed E-state index contributed by atoms with van der Waals surface area (Å²) in [5, 5.41) is 5.46. The molecule has 0 aromatic carbocycles. The fourth-order valence-corrected chi connectivity index (χ4v) is 2.61. The molecule has 96 valence electrons. The molecule has 2 heterocycles. The lowest BCUT2D eigenvalue weighted by Gasteiger charge is -2.13. The number of pyridine rings is 1. The molecule has 1 atom stereocenters. The maximum atomic E-state index is 5.24. The van der Waals surface area contributed by atoms with Gasteiger partial charge in [0.1, 0.15) is 0 Å². The van der Waals surface area contributed by atoms with E-state index in [9.17, 15) is 0 Å². The van der Waals surface area contributed by atoms with Crippen LogP contribution in [-0.4, -0.2) is 17.1 Å². The van der Waals surface area contributed by atoms with Crippen molar-refractivity contribution in [2.75, 3.05) is 7.11 Å². The Kier molecular flexibility index (Phi) is 4.68. The minimum Gasteiger partial charge on any atom is -0.481 e. The first-order valence-electron chi connectivity index (χ1n) is 5.50. The summed E-state index contributed by atoms with van der Waals surface area (Å²) < 4.78 is 6.18. The van der Waals surface area contributed by atoms with E-state index < -0.39 is 0 Å². The summed E-state index contributed by atoms with van der Waals surface area (Å²) in [4.78, 5) is 8.50. The molecule has 2 aromatic heterocycles. The lowest BCUT2D eigenvalue weighted by atomic mass is 10.2. The highest BCUT2D eigenvalue weighted by Crippen LogP contribution is 2.21. The SMILES string of the molecule is COc1ncc(Br)cc1CNC(C)c1cscn1. The second kappa shape index (κ2) is 6.26. The number of hydrogen-bond donors (Lipinski definition) is 1. The molecule has 0 fully saturated rings. The number of nitrogens with one attached hydrogen (secondary N) is 1. The van der Waals surface area contributed by atoms with E-state index in [1.807, 2.05) is 17.0 Å². The summed E-state index contributed by atoms with van der Waals surface area (Å²) in [7, 11) is 1.63. The van der Waals surface area contributed by atoms with Crippen molar-refractivity contribution in [2.45, 2.75) is 19.5 Å². The van der Waals surface area contributed by atoms with Crippen molar-refractivity contribution in [1.29, 1.82) is 0 Å². The Bertz CT molecular complexity index is 504. The van der Waals surface area contributed by atoms with Gasteiger partial charge in [-0.1, -0.05) is 0 Å². The normalized spacial score (nSPS) is 12.4. The topological polar surface area (TPSA) is 47.0 Å². The van der Waals surface area contributed by atoms with E-state index in [4.69, 9.17) is 4.74 Å². The van der Waals surface area contributed by atoms with Crippen molar-refractivity contribution < 1.29 is 4.74 Å². The van der Waals surface area contributed by atoms with Crippen LogP contribution in [0, 0.1) is 0 Å². The number of halogens is 1. The molecule has 4 nitrogen and oxygen atoms in total. The van der Waals surface area contributed by atoms with Gasteiger partial charge in [0.2, 0.25) is 5.88 Å². The third-order valence-corrected chi connectivity index (χ3v) is 3.62. The smallest absolute Gasteiger partial charge is 0.217 e. The number of rotatable bonds is 5. The first-order chi connectivity index (χ1) is 8.70. The zero-order valence-corrected chi connectivity index (χ0v) is 12.6. The Morgan fingerprint density at radius 3 is 3.00 bits per heavy atom. The molecule has 0 radical (unpaired) electrons. The number of nitrogens with zero attached hydrogens (tertiary/aromatic N) is 2. The van der Waals surface area contributed by atoms with Gasteiger partial charge in [0.25, 0.3) is 0 Å². The molecule has 0 saturated heterocycles. The van der Waals surface area contributed by atoms with E-state index in [0.29, 0.717) is 12.4 Å². The van der Waals surface area contributed by atoms with E-state index >= 15 is 0 Å². The van der Waals surface area contributed by atoms with Crippen LogP contribution in [0.1, 0.15) is 24.2 Å². The summed E-state index contributed by atoms with van der Waals surface area (Å²) in [6.45, 7) is 2.78. The van der Waals surface area contributed by atoms with Crippen LogP contribution in [0.15, 0.2) is 27.6 Å². The van der Waals surface area contributed by atoms with Crippen molar-refractivity contribution in [2.24, 2.45) is 0 Å². The van der Waals surface area contributed by atoms with Crippen LogP contribution in [0.3, 0.4) is 0 Å². The predicted octanol–water partition coefficient (Wildman–Crippen LogP) is 3.16. The van der Waals surface area contributed by atoms with E-state index in [1.54, 1.807) is 24.6 Å². The molecule has 1 unspecified atom stereocenters. The molecule has 0 amide bonds. The monoisotopic (exact) mass is 327 g/mol. The third-order valence-electron chi connectivity index (χ3n) is 2.58. The maximum Gasteiger partial charge on any atom is 0.217 e. The molecule has 2 rings (SSSR count). The van der Waals surface area contributed by atoms with Gasteiger partial charge in [-0.25, -0.2) is 9.97 Å². The van der Waals surface area contributed by atoms with Crippen LogP contribution in [-0.2, 0) is 6.54 Å². The molecule has 0 aliphatic rings. The van der Waals surface area contributed by atoms with Gasteiger partial charge in [0, 0.05) is 34.2 Å². The molecule has 0 aliphatic carbocycles. The fourth-order valence-electron chi connectivity index (χ4n) is 1.58. The summed E-state index contributed by atoms with van der Waals surface area (Å²) >= 11 is 5.02. The molecular formula is C12H14BrN3OS. The highest BCUT2D eigenvalue weighted by Gasteiger charge is 2.10. The molecule has 6 heteroatoms. The second-order valence-corrected chi connectivity index (χ2v) is 5.47. The molecular weight excluding hydrogens is 314 g/mol. The highest BCUT2D eigenvalue weighted by atomic mass is 79.9. The van der Waals surface area contributed by atoms with E-state index in [2.05, 4.69) is 38.1 Å². The Morgan fingerprint density at radius 2 is 2.33 bits per heavy atom. The fraction of sp³-hybridized carbons (Fsp3) is 0.333. The Balaban J connectivity index is 2.03. The Morgan fingerprint density at radius 1 is 1.50 bits per heavy atom. The standard InChI is InChI=1S/C12H14BrN3OS/c1-8(11-6-18-7-16-11)14-4-9-3-10(13)5-15-12(9)17-2/h3,5-8,14H,4H2,1-2H3. The quantitative estimate of drug-likeness (QED) is 0.916. The van der Waals surface area contributed by atoms with Crippen LogP contribution in [0.25, 0.3) is 0 Å². The minimum absolute atomic E-state index is 0.208. The van der Waals surface area contributed by atoms with Crippen LogP contribution in [0.4, 0.5) is 0 Å². The molecule has 0 saturated carbocycles. The van der Waals surface area contributed by atoms with Crippen molar-refractivity contribution >= 4 is 27.3 Å². The summed E-state index contributed by atoms with van der Waals surface area (Å²) in [5.74, 6) is 0.649. The van der Waals surface area contributed by atoms with E-state index in [1.165, 1.54) is 0 Å². The number of aromatic nitrogens is 2. The van der Waals surface area contributed by atoms with Gasteiger partial charge in [0.05, 0.1) is 18.3 Å². The van der Waals surface area contributed by atoms with Crippen LogP contribution in [0.5, 0.6) is 5.88 Å². The molecule has 0 bridgehead atoms. The lowest BCUT2D eigenvalue weighted by Crippen LogP contribution is -2.19. The number of ether oxygens (including phenoxy) is 1. The van der Waals surface area contributed by atoms with Crippen molar-refractivity contribution in [3.8, 4) is 5.88 Å². The van der Waals surface area contributed by atoms with Crippen molar-refractivity contribution in [1.82, 2.24) is 15.3 Å². The van der Waals surface area contributed by atoms with Crippen LogP contribution in [0.2, 0.25) is 0 Å². The third kappa shape index (κ3) is 3.28. The summed E-state index contributed by atoms with van der Waals surface area (Å²) in [6.07, 6.45) is 1.73. The zero-order chi connectivity index (χ0) is 13.0. The minimum atomic E-state index is 0.208. The molecule has 0 aliphatic heterocycles. The summed E-state index contributed by atoms with van der Waals surface area (Å²) in [6, 6.07) is 2.21. The maximum absolute atomic E-state index is 5.24. The number of methoxy groups -OCH3 is 1. The average Bonchev–Trinajstić information content (AvgIpc) is 2.90. The summed E-state index contributed by atoms with van der Waals surface area (Å²) in [5.41, 5.74) is 3.92. The molecule has 0 spiro atoms. The van der Waals surface area contributed by atoms with Crippen molar-refractivity contribution in [3.05, 3.63) is 38.9 Å². The van der Waals surface area contributed by atoms with E-state index in [0.717, 1.165) is 15.7 Å². The molecule has 18 heavy (non-hydrogen) atoms. The predicted molar refractivity (Wildman–Crippen MR) is 75.9 cm³/mol. The first kappa shape index (κ1) is 13.5. The van der Waals surface area contributed by atoms with Crippen LogP contribution >= 0.6 is 27.3 Å². The van der Waals surface area contributed by atoms with Crippen LogP contribution < -0.4 is 10.1 Å². The largest absolute Gasteiger partial charge is 0.481 e. The molecule has 2 aromatic rings. The highest BCUT2D eigenvalue weighted by molar-refractivity contribution is 9.10. The van der Waals surface area contributed by atoms with E-state index in [-0.39, 0.29) is 6.04 Å². The van der Waals surface area contributed by atoms with Gasteiger partial charge in [-0.05, 0) is 28.9 Å². The van der Waals surface area contributed by atoms with Gasteiger partial charge >= 0.3 is 0 Å². The average molecular weight is 328 g/mol. The second-order valence-electron chi connectivity index (χ2n) is 3.84. The van der Waals surface area contributed by atoms with Gasteiger partial charge in [0.15, 0.2) is 0 Å². The number of hydrogen-bond acceptors (Lipinski definition) is 5. The first-order valence-corrected chi connectivity index (χ1v) is 7.24. The Hall–Kier alpha value is -0.980. The Labute approximate surface area is 119 Å². The van der Waals surface area contributed by atoms with Gasteiger partial charge in [-0.2, -0.15) is 0 Å². The zero-order valence-electron chi connectivity index (χ0n) is 10.2. The van der Waals surface area contributed by atoms with Gasteiger partial charge < -0.3 is 10.1 Å². The van der Waals surface area contributed by atoms with Crippen molar-refractivity contribution in [3.63, 3.8) is 0 Å².